The second kappa shape index (κ2) is 9.08. The first-order valence-corrected chi connectivity index (χ1v) is 10.7. The first-order chi connectivity index (χ1) is 14.2. The van der Waals surface area contributed by atoms with E-state index >= 15 is 0 Å². The van der Waals surface area contributed by atoms with Gasteiger partial charge in [-0.05, 0) is 48.9 Å². The van der Waals surface area contributed by atoms with Crippen LogP contribution in [0, 0.1) is 0 Å². The summed E-state index contributed by atoms with van der Waals surface area (Å²) in [6, 6.07) is 18.0. The highest BCUT2D eigenvalue weighted by Crippen LogP contribution is 2.43. The molecule has 5 nitrogen and oxygen atoms in total. The fourth-order valence-electron chi connectivity index (χ4n) is 4.54. The van der Waals surface area contributed by atoms with E-state index in [9.17, 15) is 4.79 Å². The first-order valence-electron chi connectivity index (χ1n) is 10.7. The fourth-order valence-corrected chi connectivity index (χ4v) is 4.54. The minimum Gasteiger partial charge on any atom is -0.365 e. The van der Waals surface area contributed by atoms with Gasteiger partial charge in [-0.2, -0.15) is 0 Å². The van der Waals surface area contributed by atoms with Crippen LogP contribution < -0.4 is 11.1 Å². The van der Waals surface area contributed by atoms with Crippen LogP contribution in [-0.4, -0.2) is 43.0 Å². The highest BCUT2D eigenvalue weighted by Gasteiger charge is 2.42. The van der Waals surface area contributed by atoms with Crippen molar-refractivity contribution < 1.29 is 9.53 Å². The van der Waals surface area contributed by atoms with Crippen molar-refractivity contribution in [1.82, 2.24) is 10.2 Å². The lowest BCUT2D eigenvalue weighted by atomic mass is 9.84. The molecule has 0 aromatic heterocycles. The second-order valence-electron chi connectivity index (χ2n) is 8.22. The Bertz CT molecular complexity index is 816. The van der Waals surface area contributed by atoms with Gasteiger partial charge in [-0.25, -0.2) is 0 Å². The molecule has 0 aliphatic carbocycles. The van der Waals surface area contributed by atoms with Gasteiger partial charge in [0, 0.05) is 19.6 Å². The van der Waals surface area contributed by atoms with E-state index in [1.807, 2.05) is 30.3 Å². The van der Waals surface area contributed by atoms with E-state index in [1.165, 1.54) is 11.1 Å². The molecular weight excluding hydrogens is 362 g/mol. The number of carbonyl (C=O) groups is 1. The van der Waals surface area contributed by atoms with Gasteiger partial charge in [-0.15, -0.1) is 0 Å². The third kappa shape index (κ3) is 4.69. The highest BCUT2D eigenvalue weighted by molar-refractivity contribution is 5.81. The SMILES string of the molecule is N[C@@H](Cc1ccccc1)C(=O)NCCCN1CCC2(CC1)OCc1ccccc12. The lowest BCUT2D eigenvalue weighted by Gasteiger charge is -2.39. The molecule has 0 saturated carbocycles. The van der Waals surface area contributed by atoms with Crippen molar-refractivity contribution in [2.45, 2.75) is 43.9 Å². The summed E-state index contributed by atoms with van der Waals surface area (Å²) in [6.07, 6.45) is 3.59. The number of nitrogens with zero attached hydrogens (tertiary/aromatic N) is 1. The molecule has 5 heteroatoms. The van der Waals surface area contributed by atoms with Crippen LogP contribution in [0.4, 0.5) is 0 Å². The van der Waals surface area contributed by atoms with Gasteiger partial charge >= 0.3 is 0 Å². The van der Waals surface area contributed by atoms with Crippen LogP contribution in [-0.2, 0) is 28.2 Å². The summed E-state index contributed by atoms with van der Waals surface area (Å²) in [5, 5.41) is 2.99. The molecule has 0 bridgehead atoms. The molecule has 2 heterocycles. The maximum Gasteiger partial charge on any atom is 0.237 e. The number of nitrogens with one attached hydrogen (secondary N) is 1. The van der Waals surface area contributed by atoms with Crippen LogP contribution in [0.1, 0.15) is 36.0 Å². The predicted octanol–water partition coefficient (Wildman–Crippen LogP) is 2.58. The molecule has 1 fully saturated rings. The van der Waals surface area contributed by atoms with Crippen molar-refractivity contribution in [2.24, 2.45) is 5.73 Å². The summed E-state index contributed by atoms with van der Waals surface area (Å²) < 4.78 is 6.23. The van der Waals surface area contributed by atoms with Gasteiger partial charge in [0.25, 0.3) is 0 Å². The van der Waals surface area contributed by atoms with Crippen LogP contribution in [0.3, 0.4) is 0 Å². The number of benzene rings is 2. The van der Waals surface area contributed by atoms with Gasteiger partial charge in [0.15, 0.2) is 0 Å². The Hall–Kier alpha value is -2.21. The smallest absolute Gasteiger partial charge is 0.237 e. The molecule has 1 atom stereocenters. The molecule has 2 aliphatic rings. The van der Waals surface area contributed by atoms with Gasteiger partial charge in [0.1, 0.15) is 0 Å². The van der Waals surface area contributed by atoms with Gasteiger partial charge in [0.2, 0.25) is 5.91 Å². The summed E-state index contributed by atoms with van der Waals surface area (Å²) in [7, 11) is 0. The maximum absolute atomic E-state index is 12.2. The van der Waals surface area contributed by atoms with Crippen LogP contribution in [0.25, 0.3) is 0 Å². The van der Waals surface area contributed by atoms with Gasteiger partial charge in [0.05, 0.1) is 18.2 Å². The van der Waals surface area contributed by atoms with Crippen LogP contribution >= 0.6 is 0 Å². The second-order valence-corrected chi connectivity index (χ2v) is 8.22. The number of hydrogen-bond donors (Lipinski definition) is 2. The van der Waals surface area contributed by atoms with E-state index in [-0.39, 0.29) is 11.5 Å². The largest absolute Gasteiger partial charge is 0.365 e. The molecule has 1 saturated heterocycles. The zero-order valence-electron chi connectivity index (χ0n) is 17.0. The minimum atomic E-state index is -0.494. The number of rotatable bonds is 7. The molecular formula is C24H31N3O2. The monoisotopic (exact) mass is 393 g/mol. The van der Waals surface area contributed by atoms with Gasteiger partial charge < -0.3 is 20.7 Å². The molecule has 2 aromatic carbocycles. The lowest BCUT2D eigenvalue weighted by molar-refractivity contribution is -0.122. The number of piperidine rings is 1. The third-order valence-electron chi connectivity index (χ3n) is 6.26. The fraction of sp³-hybridized carbons (Fsp3) is 0.458. The molecule has 2 aliphatic heterocycles. The van der Waals surface area contributed by atoms with E-state index in [0.717, 1.165) is 51.1 Å². The average Bonchev–Trinajstić information content (AvgIpc) is 3.11. The van der Waals surface area contributed by atoms with E-state index in [0.29, 0.717) is 13.0 Å². The van der Waals surface area contributed by atoms with E-state index in [4.69, 9.17) is 10.5 Å². The van der Waals surface area contributed by atoms with Crippen molar-refractivity contribution in [2.75, 3.05) is 26.2 Å². The number of nitrogens with two attached hydrogens (primary N) is 1. The Labute approximate surface area is 173 Å². The number of likely N-dealkylation sites (tertiary alicyclic amines) is 1. The Kier molecular flexibility index (Phi) is 6.28. The summed E-state index contributed by atoms with van der Waals surface area (Å²) in [5.74, 6) is -0.0672. The minimum absolute atomic E-state index is 0.0672. The van der Waals surface area contributed by atoms with Gasteiger partial charge in [-0.3, -0.25) is 4.79 Å². The van der Waals surface area contributed by atoms with Crippen LogP contribution in [0.2, 0.25) is 0 Å². The number of amides is 1. The summed E-state index contributed by atoms with van der Waals surface area (Å²) in [4.78, 5) is 14.7. The summed E-state index contributed by atoms with van der Waals surface area (Å²) >= 11 is 0. The molecule has 1 spiro atoms. The molecule has 0 radical (unpaired) electrons. The van der Waals surface area contributed by atoms with E-state index in [1.54, 1.807) is 0 Å². The number of carbonyl (C=O) groups excluding carboxylic acids is 1. The molecule has 154 valence electrons. The molecule has 1 amide bonds. The summed E-state index contributed by atoms with van der Waals surface area (Å²) in [5.41, 5.74) is 9.79. The van der Waals surface area contributed by atoms with Gasteiger partial charge in [-0.1, -0.05) is 54.6 Å². The predicted molar refractivity (Wildman–Crippen MR) is 114 cm³/mol. The molecule has 4 rings (SSSR count). The standard InChI is InChI=1S/C24H31N3O2/c25-22(17-19-7-2-1-3-8-19)23(28)26-13-6-14-27-15-11-24(12-16-27)21-10-5-4-9-20(21)18-29-24/h1-5,7-10,22H,6,11-18,25H2,(H,26,28)/t22-/m0/s1. The quantitative estimate of drug-likeness (QED) is 0.710. The highest BCUT2D eigenvalue weighted by atomic mass is 16.5. The molecule has 29 heavy (non-hydrogen) atoms. The van der Waals surface area contributed by atoms with Crippen molar-refractivity contribution in [3.05, 3.63) is 71.3 Å². The Balaban J connectivity index is 1.16. The number of hydrogen-bond acceptors (Lipinski definition) is 4. The van der Waals surface area contributed by atoms with Crippen LogP contribution in [0.15, 0.2) is 54.6 Å². The Morgan fingerprint density at radius 3 is 2.62 bits per heavy atom. The van der Waals surface area contributed by atoms with E-state index in [2.05, 4.69) is 34.5 Å². The maximum atomic E-state index is 12.2. The number of ether oxygens (including phenoxy) is 1. The van der Waals surface area contributed by atoms with Crippen molar-refractivity contribution >= 4 is 5.91 Å². The van der Waals surface area contributed by atoms with E-state index < -0.39 is 6.04 Å². The summed E-state index contributed by atoms with van der Waals surface area (Å²) in [6.45, 7) is 4.48. The van der Waals surface area contributed by atoms with Crippen molar-refractivity contribution in [3.63, 3.8) is 0 Å². The average molecular weight is 394 g/mol. The first kappa shape index (κ1) is 20.1. The normalized spacial score (nSPS) is 19.1. The number of fused-ring (bicyclic) bond motifs is 2. The Morgan fingerprint density at radius 2 is 1.83 bits per heavy atom. The third-order valence-corrected chi connectivity index (χ3v) is 6.26. The van der Waals surface area contributed by atoms with Crippen LogP contribution in [0.5, 0.6) is 0 Å². The molecule has 2 aromatic rings. The Morgan fingerprint density at radius 1 is 1.10 bits per heavy atom. The molecule has 3 N–H and O–H groups in total. The molecule has 0 unspecified atom stereocenters. The zero-order chi connectivity index (χ0) is 20.1. The lowest BCUT2D eigenvalue weighted by Crippen LogP contribution is -2.44. The van der Waals surface area contributed by atoms with Crippen molar-refractivity contribution in [1.29, 1.82) is 0 Å². The zero-order valence-corrected chi connectivity index (χ0v) is 17.0. The van der Waals surface area contributed by atoms with Crippen molar-refractivity contribution in [3.8, 4) is 0 Å². The topological polar surface area (TPSA) is 67.6 Å².